The summed E-state index contributed by atoms with van der Waals surface area (Å²) in [6.45, 7) is 0.357. The number of pyridine rings is 1. The highest BCUT2D eigenvalue weighted by Gasteiger charge is 2.09. The van der Waals surface area contributed by atoms with Crippen LogP contribution in [-0.4, -0.2) is 25.1 Å². The minimum Gasteiger partial charge on any atom is -0.493 e. The first-order chi connectivity index (χ1) is 10.1. The Balaban J connectivity index is 2.04. The summed E-state index contributed by atoms with van der Waals surface area (Å²) in [7, 11) is 3.14. The van der Waals surface area contributed by atoms with Crippen LogP contribution in [0.2, 0.25) is 0 Å². The van der Waals surface area contributed by atoms with E-state index in [4.69, 9.17) is 15.2 Å². The first kappa shape index (κ1) is 14.6. The van der Waals surface area contributed by atoms with E-state index >= 15 is 0 Å². The quantitative estimate of drug-likeness (QED) is 0.872. The first-order valence-corrected chi connectivity index (χ1v) is 6.34. The Morgan fingerprint density at radius 1 is 1.19 bits per heavy atom. The third kappa shape index (κ3) is 3.62. The molecule has 0 unspecified atom stereocenters. The van der Waals surface area contributed by atoms with Gasteiger partial charge >= 0.3 is 0 Å². The van der Waals surface area contributed by atoms with Crippen molar-refractivity contribution in [1.82, 2.24) is 10.3 Å². The Hall–Kier alpha value is -2.76. The maximum atomic E-state index is 12.0. The molecule has 1 heterocycles. The van der Waals surface area contributed by atoms with Crippen LogP contribution in [0.25, 0.3) is 0 Å². The first-order valence-electron chi connectivity index (χ1n) is 6.34. The monoisotopic (exact) mass is 287 g/mol. The van der Waals surface area contributed by atoms with Crippen molar-refractivity contribution in [1.29, 1.82) is 0 Å². The Morgan fingerprint density at radius 3 is 2.62 bits per heavy atom. The van der Waals surface area contributed by atoms with E-state index in [0.717, 1.165) is 5.56 Å². The highest BCUT2D eigenvalue weighted by atomic mass is 16.5. The summed E-state index contributed by atoms with van der Waals surface area (Å²) in [6, 6.07) is 8.62. The fraction of sp³-hybridized carbons (Fsp3) is 0.200. The van der Waals surface area contributed by atoms with Crippen molar-refractivity contribution in [2.75, 3.05) is 20.0 Å². The van der Waals surface area contributed by atoms with Gasteiger partial charge in [0.25, 0.3) is 5.91 Å². The smallest absolute Gasteiger partial charge is 0.270 e. The second-order valence-corrected chi connectivity index (χ2v) is 4.35. The Labute approximate surface area is 122 Å². The molecule has 0 saturated heterocycles. The van der Waals surface area contributed by atoms with Crippen LogP contribution in [0, 0.1) is 0 Å². The van der Waals surface area contributed by atoms with E-state index in [2.05, 4.69) is 10.3 Å². The third-order valence-electron chi connectivity index (χ3n) is 2.92. The zero-order valence-corrected chi connectivity index (χ0v) is 11.9. The van der Waals surface area contributed by atoms with E-state index in [-0.39, 0.29) is 11.6 Å². The number of nitrogen functional groups attached to an aromatic ring is 1. The molecule has 0 radical (unpaired) electrons. The number of carbonyl (C=O) groups excluding carboxylic acids is 1. The van der Waals surface area contributed by atoms with E-state index in [1.54, 1.807) is 26.4 Å². The van der Waals surface area contributed by atoms with Gasteiger partial charge in [0.05, 0.1) is 14.2 Å². The molecule has 1 aromatic heterocycles. The molecule has 3 N–H and O–H groups in total. The van der Waals surface area contributed by atoms with Crippen LogP contribution in [0.1, 0.15) is 16.1 Å². The number of benzene rings is 1. The van der Waals surface area contributed by atoms with Gasteiger partial charge in [0.1, 0.15) is 5.69 Å². The summed E-state index contributed by atoms with van der Waals surface area (Å²) in [6.07, 6.45) is 1.50. The molecule has 0 saturated carbocycles. The van der Waals surface area contributed by atoms with Crippen LogP contribution in [0.4, 0.5) is 5.69 Å². The van der Waals surface area contributed by atoms with E-state index in [1.165, 1.54) is 12.3 Å². The number of hydrogen-bond donors (Lipinski definition) is 2. The van der Waals surface area contributed by atoms with Gasteiger partial charge in [0.2, 0.25) is 0 Å². The summed E-state index contributed by atoms with van der Waals surface area (Å²) in [5.41, 5.74) is 7.31. The van der Waals surface area contributed by atoms with E-state index in [9.17, 15) is 4.79 Å². The third-order valence-corrected chi connectivity index (χ3v) is 2.92. The molecule has 110 valence electrons. The average Bonchev–Trinajstić information content (AvgIpc) is 2.52. The number of amides is 1. The second-order valence-electron chi connectivity index (χ2n) is 4.35. The van der Waals surface area contributed by atoms with Crippen LogP contribution < -0.4 is 20.5 Å². The van der Waals surface area contributed by atoms with Crippen LogP contribution in [0.3, 0.4) is 0 Å². The van der Waals surface area contributed by atoms with Gasteiger partial charge < -0.3 is 20.5 Å². The van der Waals surface area contributed by atoms with Gasteiger partial charge in [-0.15, -0.1) is 0 Å². The van der Waals surface area contributed by atoms with Gasteiger partial charge in [-0.3, -0.25) is 9.78 Å². The van der Waals surface area contributed by atoms with Crippen molar-refractivity contribution in [2.24, 2.45) is 0 Å². The number of carbonyl (C=O) groups is 1. The molecule has 21 heavy (non-hydrogen) atoms. The minimum atomic E-state index is -0.280. The van der Waals surface area contributed by atoms with E-state index in [0.29, 0.717) is 23.7 Å². The standard InChI is InChI=1S/C15H17N3O3/c1-20-13-4-3-10(7-14(13)21-2)9-18-15(19)12-8-11(16)5-6-17-12/h3-8H,9H2,1-2H3,(H2,16,17)(H,18,19). The number of aromatic nitrogens is 1. The summed E-state index contributed by atoms with van der Waals surface area (Å²) in [5, 5.41) is 2.78. The van der Waals surface area contributed by atoms with Crippen molar-refractivity contribution in [3.8, 4) is 11.5 Å². The number of nitrogens with zero attached hydrogens (tertiary/aromatic N) is 1. The van der Waals surface area contributed by atoms with Gasteiger partial charge in [-0.05, 0) is 29.8 Å². The zero-order chi connectivity index (χ0) is 15.2. The Bertz CT molecular complexity index is 644. The highest BCUT2D eigenvalue weighted by molar-refractivity contribution is 5.92. The van der Waals surface area contributed by atoms with Crippen molar-refractivity contribution >= 4 is 11.6 Å². The van der Waals surface area contributed by atoms with Crippen molar-refractivity contribution in [3.63, 3.8) is 0 Å². The normalized spacial score (nSPS) is 10.0. The van der Waals surface area contributed by atoms with Gasteiger partial charge in [0.15, 0.2) is 11.5 Å². The molecule has 0 atom stereocenters. The molecular weight excluding hydrogens is 270 g/mol. The number of nitrogens with two attached hydrogens (primary N) is 1. The van der Waals surface area contributed by atoms with Crippen LogP contribution in [0.5, 0.6) is 11.5 Å². The SMILES string of the molecule is COc1ccc(CNC(=O)c2cc(N)ccn2)cc1OC. The largest absolute Gasteiger partial charge is 0.493 e. The molecule has 1 amide bonds. The van der Waals surface area contributed by atoms with Crippen LogP contribution in [0.15, 0.2) is 36.5 Å². The molecule has 2 rings (SSSR count). The molecule has 6 nitrogen and oxygen atoms in total. The number of hydrogen-bond acceptors (Lipinski definition) is 5. The fourth-order valence-corrected chi connectivity index (χ4v) is 1.83. The lowest BCUT2D eigenvalue weighted by molar-refractivity contribution is 0.0946. The molecule has 0 bridgehead atoms. The van der Waals surface area contributed by atoms with Gasteiger partial charge in [0, 0.05) is 18.4 Å². The molecule has 1 aromatic carbocycles. The number of ether oxygens (including phenoxy) is 2. The Kier molecular flexibility index (Phi) is 4.61. The number of nitrogens with one attached hydrogen (secondary N) is 1. The molecule has 0 spiro atoms. The van der Waals surface area contributed by atoms with Crippen molar-refractivity contribution in [3.05, 3.63) is 47.8 Å². The molecule has 0 aliphatic heterocycles. The summed E-state index contributed by atoms with van der Waals surface area (Å²) >= 11 is 0. The summed E-state index contributed by atoms with van der Waals surface area (Å²) in [5.74, 6) is 0.980. The molecular formula is C15H17N3O3. The van der Waals surface area contributed by atoms with Crippen molar-refractivity contribution < 1.29 is 14.3 Å². The summed E-state index contributed by atoms with van der Waals surface area (Å²) in [4.78, 5) is 15.9. The lowest BCUT2D eigenvalue weighted by Gasteiger charge is -2.10. The van der Waals surface area contributed by atoms with Gasteiger partial charge in [-0.1, -0.05) is 6.07 Å². The molecule has 2 aromatic rings. The maximum Gasteiger partial charge on any atom is 0.270 e. The van der Waals surface area contributed by atoms with Crippen LogP contribution >= 0.6 is 0 Å². The zero-order valence-electron chi connectivity index (χ0n) is 11.9. The molecule has 0 fully saturated rings. The highest BCUT2D eigenvalue weighted by Crippen LogP contribution is 2.27. The topological polar surface area (TPSA) is 86.5 Å². The lowest BCUT2D eigenvalue weighted by atomic mass is 10.2. The van der Waals surface area contributed by atoms with Gasteiger partial charge in [-0.2, -0.15) is 0 Å². The predicted octanol–water partition coefficient (Wildman–Crippen LogP) is 1.61. The fourth-order valence-electron chi connectivity index (χ4n) is 1.83. The van der Waals surface area contributed by atoms with Gasteiger partial charge in [-0.25, -0.2) is 0 Å². The van der Waals surface area contributed by atoms with Crippen LogP contribution in [-0.2, 0) is 6.54 Å². The van der Waals surface area contributed by atoms with Crippen molar-refractivity contribution in [2.45, 2.75) is 6.54 Å². The summed E-state index contributed by atoms with van der Waals surface area (Å²) < 4.78 is 10.4. The minimum absolute atomic E-state index is 0.280. The van der Waals surface area contributed by atoms with E-state index < -0.39 is 0 Å². The van der Waals surface area contributed by atoms with E-state index in [1.807, 2.05) is 12.1 Å². The number of anilines is 1. The predicted molar refractivity (Wildman–Crippen MR) is 79.4 cm³/mol. The lowest BCUT2D eigenvalue weighted by Crippen LogP contribution is -2.23. The average molecular weight is 287 g/mol. The number of methoxy groups -OCH3 is 2. The second kappa shape index (κ2) is 6.60. The molecule has 0 aliphatic rings. The molecule has 6 heteroatoms. The number of rotatable bonds is 5. The maximum absolute atomic E-state index is 12.0. The Morgan fingerprint density at radius 2 is 1.95 bits per heavy atom. The molecule has 0 aliphatic carbocycles.